The predicted octanol–water partition coefficient (Wildman–Crippen LogP) is 7.72. The molecule has 1 aromatic heterocycles. The van der Waals surface area contributed by atoms with Crippen molar-refractivity contribution in [2.24, 2.45) is 23.7 Å². The van der Waals surface area contributed by atoms with Gasteiger partial charge in [0.1, 0.15) is 17.0 Å². The lowest BCUT2D eigenvalue weighted by Gasteiger charge is -2.52. The second kappa shape index (κ2) is 19.7. The van der Waals surface area contributed by atoms with Crippen LogP contribution in [-0.2, 0) is 4.79 Å². The molecule has 2 aromatic carbocycles. The van der Waals surface area contributed by atoms with Gasteiger partial charge in [0.15, 0.2) is 5.69 Å². The Bertz CT molecular complexity index is 1700. The highest BCUT2D eigenvalue weighted by atomic mass is 16.5. The van der Waals surface area contributed by atoms with Gasteiger partial charge in [-0.1, -0.05) is 47.6 Å². The molecule has 3 aromatic rings. The summed E-state index contributed by atoms with van der Waals surface area (Å²) >= 11 is 0. The third-order valence-electron chi connectivity index (χ3n) is 11.8. The van der Waals surface area contributed by atoms with Gasteiger partial charge in [0.2, 0.25) is 0 Å². The van der Waals surface area contributed by atoms with Crippen LogP contribution in [-0.4, -0.2) is 98.7 Å². The molecule has 55 heavy (non-hydrogen) atoms. The van der Waals surface area contributed by atoms with Gasteiger partial charge in [0, 0.05) is 19.3 Å². The third kappa shape index (κ3) is 9.66. The monoisotopic (exact) mass is 761 g/mol. The number of nitrogens with one attached hydrogen (secondary N) is 2. The molecule has 2 saturated carbocycles. The number of hydrogen-bond acceptors (Lipinski definition) is 8. The van der Waals surface area contributed by atoms with E-state index in [0.717, 1.165) is 81.6 Å². The molecule has 1 amide bonds. The average Bonchev–Trinajstić information content (AvgIpc) is 3.61. The molecule has 0 aliphatic heterocycles. The molecule has 5 atom stereocenters. The van der Waals surface area contributed by atoms with E-state index in [2.05, 4.69) is 73.5 Å². The standard InChI is InChI=1S/C42H62N6O5.C2H6/c1-27(2)33-25-32(47(7)20-12-19-46(6)18-11-17-43-5)15-16-35(33)48-36(39-37(52-8)13-10-14-38(39)53-9)26-34(45-48)40(49)44-42(41(50)51)29(4)23-30-21-28(3)22-31(42)24-30;1-2/h10,13-16,25-31,43H,11-12,17-24H2,1-9H3,(H,44,49)(H,50,51);1-2H3. The van der Waals surface area contributed by atoms with Crippen LogP contribution >= 0.6 is 0 Å². The highest BCUT2D eigenvalue weighted by Gasteiger charge is 2.56. The second-order valence-electron chi connectivity index (χ2n) is 15.9. The van der Waals surface area contributed by atoms with Crippen molar-refractivity contribution in [3.8, 4) is 28.4 Å². The molecule has 2 aliphatic rings. The Hall–Kier alpha value is -4.09. The number of carbonyl (C=O) groups excluding carboxylic acids is 1. The number of carbonyl (C=O) groups is 2. The van der Waals surface area contributed by atoms with Crippen LogP contribution < -0.4 is 25.0 Å². The van der Waals surface area contributed by atoms with Gasteiger partial charge < -0.3 is 35.0 Å². The first-order valence-corrected chi connectivity index (χ1v) is 20.4. The molecule has 2 aliphatic carbocycles. The smallest absolute Gasteiger partial charge is 0.329 e. The molecule has 2 fully saturated rings. The number of hydrogen-bond donors (Lipinski definition) is 3. The Kier molecular flexibility index (Phi) is 15.6. The number of rotatable bonds is 17. The first-order chi connectivity index (χ1) is 26.3. The minimum Gasteiger partial charge on any atom is -0.496 e. The molecule has 0 spiro atoms. The van der Waals surface area contributed by atoms with Gasteiger partial charge in [-0.3, -0.25) is 4.79 Å². The van der Waals surface area contributed by atoms with Crippen molar-refractivity contribution in [2.75, 3.05) is 66.4 Å². The van der Waals surface area contributed by atoms with Crippen molar-refractivity contribution < 1.29 is 24.2 Å². The van der Waals surface area contributed by atoms with Gasteiger partial charge in [-0.2, -0.15) is 5.10 Å². The van der Waals surface area contributed by atoms with E-state index in [1.807, 2.05) is 46.0 Å². The summed E-state index contributed by atoms with van der Waals surface area (Å²) < 4.78 is 13.5. The van der Waals surface area contributed by atoms with E-state index in [-0.39, 0.29) is 23.4 Å². The van der Waals surface area contributed by atoms with Crippen molar-refractivity contribution in [3.63, 3.8) is 0 Å². The van der Waals surface area contributed by atoms with Gasteiger partial charge in [-0.25, -0.2) is 9.48 Å². The number of carboxylic acids is 1. The molecule has 2 bridgehead atoms. The summed E-state index contributed by atoms with van der Waals surface area (Å²) in [5, 5.41) is 22.1. The van der Waals surface area contributed by atoms with Gasteiger partial charge in [-0.15, -0.1) is 0 Å². The Morgan fingerprint density at radius 2 is 1.64 bits per heavy atom. The number of fused-ring (bicyclic) bond motifs is 2. The lowest BCUT2D eigenvalue weighted by Crippen LogP contribution is -2.66. The molecule has 5 rings (SSSR count). The summed E-state index contributed by atoms with van der Waals surface area (Å²) in [6.45, 7) is 16.5. The van der Waals surface area contributed by atoms with Gasteiger partial charge in [0.05, 0.1) is 31.2 Å². The number of methoxy groups -OCH3 is 2. The number of benzene rings is 2. The fraction of sp³-hybridized carbons (Fsp3) is 0.614. The van der Waals surface area contributed by atoms with Crippen molar-refractivity contribution in [2.45, 2.75) is 91.5 Å². The number of anilines is 1. The molecule has 3 N–H and O–H groups in total. The summed E-state index contributed by atoms with van der Waals surface area (Å²) in [6, 6.07) is 13.7. The highest BCUT2D eigenvalue weighted by molar-refractivity contribution is 5.98. The van der Waals surface area contributed by atoms with Crippen molar-refractivity contribution in [3.05, 3.63) is 53.7 Å². The molecule has 5 unspecified atom stereocenters. The van der Waals surface area contributed by atoms with Crippen molar-refractivity contribution in [1.82, 2.24) is 25.3 Å². The van der Waals surface area contributed by atoms with E-state index in [0.29, 0.717) is 34.6 Å². The van der Waals surface area contributed by atoms with Crippen LogP contribution in [0.4, 0.5) is 5.69 Å². The predicted molar refractivity (Wildman–Crippen MR) is 223 cm³/mol. The van der Waals surface area contributed by atoms with Crippen molar-refractivity contribution >= 4 is 17.6 Å². The molecule has 0 radical (unpaired) electrons. The molecule has 0 saturated heterocycles. The third-order valence-corrected chi connectivity index (χ3v) is 11.8. The van der Waals surface area contributed by atoms with Crippen LogP contribution in [0.15, 0.2) is 42.5 Å². The maximum Gasteiger partial charge on any atom is 0.329 e. The molecular weight excluding hydrogens is 693 g/mol. The van der Waals surface area contributed by atoms with E-state index in [9.17, 15) is 14.7 Å². The Morgan fingerprint density at radius 3 is 2.25 bits per heavy atom. The van der Waals surface area contributed by atoms with Crippen LogP contribution in [0.5, 0.6) is 11.5 Å². The van der Waals surface area contributed by atoms with Crippen LogP contribution in [0.2, 0.25) is 0 Å². The lowest BCUT2D eigenvalue weighted by molar-refractivity contribution is -0.155. The van der Waals surface area contributed by atoms with E-state index >= 15 is 0 Å². The first kappa shape index (κ1) is 43.6. The Morgan fingerprint density at radius 1 is 0.964 bits per heavy atom. The van der Waals surface area contributed by atoms with E-state index in [1.54, 1.807) is 25.0 Å². The lowest BCUT2D eigenvalue weighted by atomic mass is 9.56. The maximum absolute atomic E-state index is 14.4. The minimum atomic E-state index is -1.37. The van der Waals surface area contributed by atoms with Gasteiger partial charge in [0.25, 0.3) is 5.91 Å². The highest BCUT2D eigenvalue weighted by Crippen LogP contribution is 2.50. The normalized spacial score (nSPS) is 21.8. The first-order valence-electron chi connectivity index (χ1n) is 20.4. The average molecular weight is 761 g/mol. The largest absolute Gasteiger partial charge is 0.496 e. The zero-order valence-electron chi connectivity index (χ0n) is 35.4. The number of ether oxygens (including phenoxy) is 2. The molecule has 304 valence electrons. The number of amides is 1. The number of nitrogens with zero attached hydrogens (tertiary/aromatic N) is 4. The Labute approximate surface area is 330 Å². The maximum atomic E-state index is 14.4. The van der Waals surface area contributed by atoms with E-state index in [1.165, 1.54) is 0 Å². The molecule has 11 nitrogen and oxygen atoms in total. The summed E-state index contributed by atoms with van der Waals surface area (Å²) in [4.78, 5) is 32.3. The molecular formula is C44H68N6O5. The summed E-state index contributed by atoms with van der Waals surface area (Å²) in [7, 11) is 9.51. The molecule has 11 heteroatoms. The summed E-state index contributed by atoms with van der Waals surface area (Å²) in [5.41, 5.74) is 3.03. The zero-order chi connectivity index (χ0) is 40.4. The fourth-order valence-corrected chi connectivity index (χ4v) is 9.05. The second-order valence-corrected chi connectivity index (χ2v) is 15.9. The summed E-state index contributed by atoms with van der Waals surface area (Å²) in [5.74, 6) is 0.342. The SMILES string of the molecule is CC.CNCCCN(C)CCCN(C)c1ccc(-n2nc(C(=O)NC3(C(=O)O)C(C)CC4CC(C)CC3C4)cc2-c2c(OC)cccc2OC)c(C(C)C)c1. The van der Waals surface area contributed by atoms with Crippen LogP contribution in [0.25, 0.3) is 16.9 Å². The van der Waals surface area contributed by atoms with Crippen LogP contribution in [0, 0.1) is 23.7 Å². The number of aromatic nitrogens is 2. The number of aliphatic carboxylic acids is 1. The van der Waals surface area contributed by atoms with Crippen LogP contribution in [0.3, 0.4) is 0 Å². The Balaban J connectivity index is 0.00000331. The van der Waals surface area contributed by atoms with E-state index < -0.39 is 17.4 Å². The quantitative estimate of drug-likeness (QED) is 0.119. The van der Waals surface area contributed by atoms with Crippen LogP contribution in [0.1, 0.15) is 102 Å². The summed E-state index contributed by atoms with van der Waals surface area (Å²) in [6.07, 6.45) is 5.64. The van der Waals surface area contributed by atoms with Gasteiger partial charge >= 0.3 is 5.97 Å². The van der Waals surface area contributed by atoms with Gasteiger partial charge in [-0.05, 0) is 144 Å². The minimum absolute atomic E-state index is 0.130. The topological polar surface area (TPSA) is 121 Å². The van der Waals surface area contributed by atoms with E-state index in [4.69, 9.17) is 14.6 Å². The number of carboxylic acid groups (broad SMARTS) is 1. The zero-order valence-corrected chi connectivity index (χ0v) is 35.4. The molecule has 1 heterocycles. The van der Waals surface area contributed by atoms with Crippen molar-refractivity contribution in [1.29, 1.82) is 0 Å². The fourth-order valence-electron chi connectivity index (χ4n) is 9.05.